The first-order chi connectivity index (χ1) is 15.3. The number of fused-ring (bicyclic) bond motifs is 3. The molecule has 31 heavy (non-hydrogen) atoms. The molecule has 0 radical (unpaired) electrons. The van der Waals surface area contributed by atoms with Crippen LogP contribution in [0.15, 0.2) is 54.9 Å². The molecule has 4 heterocycles. The summed E-state index contributed by atoms with van der Waals surface area (Å²) >= 11 is 1.84. The number of rotatable bonds is 3. The van der Waals surface area contributed by atoms with E-state index in [2.05, 4.69) is 47.1 Å². The maximum Gasteiger partial charge on any atom is 0.164 e. The Kier molecular flexibility index (Phi) is 4.69. The minimum atomic E-state index is 0.0310. The molecular weight excluding hydrogens is 404 g/mol. The normalized spacial score (nSPS) is 20.9. The number of nitrogens with zero attached hydrogens (tertiary/aromatic N) is 4. The van der Waals surface area contributed by atoms with Gasteiger partial charge >= 0.3 is 0 Å². The van der Waals surface area contributed by atoms with E-state index in [4.69, 9.17) is 14.7 Å². The van der Waals surface area contributed by atoms with Crippen LogP contribution in [0.25, 0.3) is 21.6 Å². The average Bonchev–Trinajstić information content (AvgIpc) is 3.40. The van der Waals surface area contributed by atoms with Crippen LogP contribution in [0.3, 0.4) is 0 Å². The van der Waals surface area contributed by atoms with Crippen molar-refractivity contribution in [3.63, 3.8) is 0 Å². The maximum atomic E-state index is 6.33. The second-order valence-corrected chi connectivity index (χ2v) is 9.48. The van der Waals surface area contributed by atoms with Gasteiger partial charge in [-0.25, -0.2) is 9.97 Å². The highest BCUT2D eigenvalue weighted by molar-refractivity contribution is 7.19. The van der Waals surface area contributed by atoms with E-state index in [0.29, 0.717) is 0 Å². The first-order valence-corrected chi connectivity index (χ1v) is 11.8. The molecule has 6 rings (SSSR count). The zero-order valence-electron chi connectivity index (χ0n) is 17.5. The van der Waals surface area contributed by atoms with Crippen molar-refractivity contribution in [2.75, 3.05) is 18.0 Å². The number of aryl methyl sites for hydroxylation is 2. The Morgan fingerprint density at radius 2 is 1.94 bits per heavy atom. The predicted molar refractivity (Wildman–Crippen MR) is 125 cm³/mol. The molecule has 0 spiro atoms. The molecule has 5 nitrogen and oxygen atoms in total. The minimum absolute atomic E-state index is 0.0310. The van der Waals surface area contributed by atoms with Crippen molar-refractivity contribution in [1.82, 2.24) is 15.0 Å². The standard InChI is InChI=1S/C25H24N4OS/c1-16-14-29(15-20(30-16)17-7-3-2-4-8-17)24-22-19-10-5-11-21(19)31-25(22)28-23(27-24)18-9-6-12-26-13-18/h2-4,6-9,12-13,16,20H,5,10-11,14-15H2,1H3. The minimum Gasteiger partial charge on any atom is -0.367 e. The van der Waals surface area contributed by atoms with E-state index >= 15 is 0 Å². The van der Waals surface area contributed by atoms with E-state index in [9.17, 15) is 0 Å². The van der Waals surface area contributed by atoms with E-state index < -0.39 is 0 Å². The molecule has 0 bridgehead atoms. The highest BCUT2D eigenvalue weighted by Crippen LogP contribution is 2.42. The van der Waals surface area contributed by atoms with Crippen LogP contribution in [-0.4, -0.2) is 34.1 Å². The topological polar surface area (TPSA) is 51.1 Å². The number of anilines is 1. The molecule has 0 amide bonds. The summed E-state index contributed by atoms with van der Waals surface area (Å²) in [5.74, 6) is 1.81. The number of aromatic nitrogens is 3. The van der Waals surface area contributed by atoms with Gasteiger partial charge in [-0.2, -0.15) is 0 Å². The molecule has 1 fully saturated rings. The third-order valence-electron chi connectivity index (χ3n) is 6.20. The summed E-state index contributed by atoms with van der Waals surface area (Å²) in [6.07, 6.45) is 7.30. The number of benzene rings is 1. The van der Waals surface area contributed by atoms with E-state index in [-0.39, 0.29) is 12.2 Å². The van der Waals surface area contributed by atoms with Crippen LogP contribution in [0.4, 0.5) is 5.82 Å². The van der Waals surface area contributed by atoms with Crippen molar-refractivity contribution in [1.29, 1.82) is 0 Å². The summed E-state index contributed by atoms with van der Waals surface area (Å²) in [4.78, 5) is 19.4. The number of pyridine rings is 1. The molecule has 1 aliphatic heterocycles. The summed E-state index contributed by atoms with van der Waals surface area (Å²) in [6, 6.07) is 14.5. The van der Waals surface area contributed by atoms with Gasteiger partial charge in [-0.1, -0.05) is 30.3 Å². The number of hydrogen-bond donors (Lipinski definition) is 0. The van der Waals surface area contributed by atoms with E-state index in [1.807, 2.05) is 29.7 Å². The Labute approximate surface area is 185 Å². The van der Waals surface area contributed by atoms with E-state index in [0.717, 1.165) is 48.0 Å². The molecule has 1 aliphatic carbocycles. The van der Waals surface area contributed by atoms with Crippen LogP contribution < -0.4 is 4.90 Å². The van der Waals surface area contributed by atoms with Gasteiger partial charge < -0.3 is 9.64 Å². The Morgan fingerprint density at radius 1 is 1.03 bits per heavy atom. The summed E-state index contributed by atoms with van der Waals surface area (Å²) in [7, 11) is 0. The predicted octanol–water partition coefficient (Wildman–Crippen LogP) is 5.21. The fourth-order valence-electron chi connectivity index (χ4n) is 4.81. The van der Waals surface area contributed by atoms with Crippen LogP contribution in [0.2, 0.25) is 0 Å². The smallest absolute Gasteiger partial charge is 0.164 e. The molecule has 2 aliphatic rings. The van der Waals surface area contributed by atoms with Gasteiger partial charge in [0, 0.05) is 35.9 Å². The van der Waals surface area contributed by atoms with Crippen LogP contribution in [-0.2, 0) is 17.6 Å². The van der Waals surface area contributed by atoms with Crippen LogP contribution in [0.5, 0.6) is 0 Å². The highest BCUT2D eigenvalue weighted by Gasteiger charge is 2.31. The van der Waals surface area contributed by atoms with Crippen molar-refractivity contribution in [3.05, 3.63) is 70.9 Å². The van der Waals surface area contributed by atoms with E-state index in [1.54, 1.807) is 6.20 Å². The van der Waals surface area contributed by atoms with Crippen molar-refractivity contribution >= 4 is 27.4 Å². The van der Waals surface area contributed by atoms with Crippen molar-refractivity contribution in [3.8, 4) is 11.4 Å². The van der Waals surface area contributed by atoms with Gasteiger partial charge in [0.05, 0.1) is 11.5 Å². The quantitative estimate of drug-likeness (QED) is 0.448. The molecule has 156 valence electrons. The fraction of sp³-hybridized carbons (Fsp3) is 0.320. The SMILES string of the molecule is CC1CN(c2nc(-c3cccnc3)nc3sc4c(c23)CCC4)CC(c2ccccc2)O1. The fourth-order valence-corrected chi connectivity index (χ4v) is 6.06. The van der Waals surface area contributed by atoms with Gasteiger partial charge in [0.25, 0.3) is 0 Å². The van der Waals surface area contributed by atoms with E-state index in [1.165, 1.54) is 27.8 Å². The Morgan fingerprint density at radius 3 is 2.77 bits per heavy atom. The lowest BCUT2D eigenvalue weighted by atomic mass is 10.1. The molecule has 3 aromatic heterocycles. The first-order valence-electron chi connectivity index (χ1n) is 10.9. The number of thiophene rings is 1. The van der Waals surface area contributed by atoms with Crippen molar-refractivity contribution in [2.45, 2.75) is 38.4 Å². The third-order valence-corrected chi connectivity index (χ3v) is 7.38. The first kappa shape index (κ1) is 18.9. The van der Waals surface area contributed by atoms with Crippen molar-refractivity contribution in [2.24, 2.45) is 0 Å². The van der Waals surface area contributed by atoms with Gasteiger partial charge in [0.2, 0.25) is 0 Å². The van der Waals surface area contributed by atoms with Crippen LogP contribution in [0, 0.1) is 0 Å². The lowest BCUT2D eigenvalue weighted by Gasteiger charge is -2.38. The molecule has 6 heteroatoms. The Bertz CT molecular complexity index is 1220. The summed E-state index contributed by atoms with van der Waals surface area (Å²) in [5.41, 5.74) is 3.63. The average molecular weight is 429 g/mol. The number of ether oxygens (including phenoxy) is 1. The molecule has 1 saturated heterocycles. The number of morpholine rings is 1. The van der Waals surface area contributed by atoms with Crippen molar-refractivity contribution < 1.29 is 4.74 Å². The largest absolute Gasteiger partial charge is 0.367 e. The zero-order chi connectivity index (χ0) is 20.8. The summed E-state index contributed by atoms with van der Waals surface area (Å²) in [6.45, 7) is 3.77. The van der Waals surface area contributed by atoms with Gasteiger partial charge in [-0.05, 0) is 49.4 Å². The monoisotopic (exact) mass is 428 g/mol. The summed E-state index contributed by atoms with van der Waals surface area (Å²) < 4.78 is 6.33. The van der Waals surface area contributed by atoms with Crippen LogP contribution >= 0.6 is 11.3 Å². The van der Waals surface area contributed by atoms with Gasteiger partial charge in [0.1, 0.15) is 16.8 Å². The van der Waals surface area contributed by atoms with Gasteiger partial charge in [0.15, 0.2) is 5.82 Å². The maximum absolute atomic E-state index is 6.33. The van der Waals surface area contributed by atoms with Gasteiger partial charge in [-0.15, -0.1) is 11.3 Å². The molecular formula is C25H24N4OS. The second-order valence-electron chi connectivity index (χ2n) is 8.40. The molecule has 0 saturated carbocycles. The zero-order valence-corrected chi connectivity index (χ0v) is 18.3. The lowest BCUT2D eigenvalue weighted by Crippen LogP contribution is -2.43. The number of hydrogen-bond acceptors (Lipinski definition) is 6. The summed E-state index contributed by atoms with van der Waals surface area (Å²) in [5, 5.41) is 1.26. The van der Waals surface area contributed by atoms with Crippen LogP contribution in [0.1, 0.15) is 35.5 Å². The lowest BCUT2D eigenvalue weighted by molar-refractivity contribution is -0.0175. The molecule has 4 aromatic rings. The third kappa shape index (κ3) is 3.40. The second kappa shape index (κ2) is 7.70. The molecule has 1 aromatic carbocycles. The molecule has 0 N–H and O–H groups in total. The Hall–Kier alpha value is -2.83. The highest BCUT2D eigenvalue weighted by atomic mass is 32.1. The molecule has 2 atom stereocenters. The molecule has 2 unspecified atom stereocenters. The Balaban J connectivity index is 1.49. The van der Waals surface area contributed by atoms with Gasteiger partial charge in [-0.3, -0.25) is 4.98 Å².